The van der Waals surface area contributed by atoms with E-state index in [0.29, 0.717) is 5.69 Å². The van der Waals surface area contributed by atoms with E-state index in [4.69, 9.17) is 5.11 Å². The Morgan fingerprint density at radius 3 is 2.53 bits per heavy atom. The lowest BCUT2D eigenvalue weighted by Gasteiger charge is -1.98. The molecule has 6 heteroatoms. The van der Waals surface area contributed by atoms with Crippen LogP contribution in [0.25, 0.3) is 5.69 Å². The number of aromatic nitrogens is 3. The van der Waals surface area contributed by atoms with E-state index < -0.39 is 5.97 Å². The maximum Gasteiger partial charge on any atom is 0.358 e. The minimum Gasteiger partial charge on any atom is -0.476 e. The van der Waals surface area contributed by atoms with Gasteiger partial charge in [-0.3, -0.25) is 0 Å². The highest BCUT2D eigenvalue weighted by Gasteiger charge is 2.08. The van der Waals surface area contributed by atoms with Crippen LogP contribution in [0.3, 0.4) is 0 Å². The van der Waals surface area contributed by atoms with Crippen LogP contribution in [0.2, 0.25) is 0 Å². The first kappa shape index (κ1) is 9.85. The van der Waals surface area contributed by atoms with E-state index >= 15 is 0 Å². The Balaban J connectivity index is 2.37. The van der Waals surface area contributed by atoms with Crippen LogP contribution >= 0.6 is 15.9 Å². The van der Waals surface area contributed by atoms with Crippen molar-refractivity contribution in [3.05, 3.63) is 40.6 Å². The first-order valence-corrected chi connectivity index (χ1v) is 4.88. The molecule has 0 fully saturated rings. The summed E-state index contributed by atoms with van der Waals surface area (Å²) in [5.74, 6) is -1.08. The smallest absolute Gasteiger partial charge is 0.358 e. The van der Waals surface area contributed by atoms with Crippen LogP contribution in [0.1, 0.15) is 10.5 Å². The van der Waals surface area contributed by atoms with Gasteiger partial charge in [-0.1, -0.05) is 15.9 Å². The molecule has 0 unspecified atom stereocenters. The molecule has 1 N–H and O–H groups in total. The molecule has 0 spiro atoms. The zero-order chi connectivity index (χ0) is 10.8. The first-order chi connectivity index (χ1) is 7.16. The highest BCUT2D eigenvalue weighted by atomic mass is 79.9. The molecule has 0 bridgehead atoms. The topological polar surface area (TPSA) is 68.0 Å². The quantitative estimate of drug-likeness (QED) is 0.900. The minimum absolute atomic E-state index is 0.0714. The third kappa shape index (κ3) is 2.04. The van der Waals surface area contributed by atoms with Crippen molar-refractivity contribution >= 4 is 21.9 Å². The lowest BCUT2D eigenvalue weighted by molar-refractivity contribution is 0.0690. The molecule has 76 valence electrons. The third-order valence-corrected chi connectivity index (χ3v) is 2.30. The van der Waals surface area contributed by atoms with E-state index in [2.05, 4.69) is 26.1 Å². The molecule has 1 heterocycles. The molecule has 0 aliphatic rings. The molecule has 1 aromatic carbocycles. The second-order valence-corrected chi connectivity index (χ2v) is 3.72. The van der Waals surface area contributed by atoms with Gasteiger partial charge in [-0.05, 0) is 24.3 Å². The second-order valence-electron chi connectivity index (χ2n) is 2.80. The monoisotopic (exact) mass is 267 g/mol. The predicted octanol–water partition coefficient (Wildman–Crippen LogP) is 1.73. The van der Waals surface area contributed by atoms with Gasteiger partial charge in [-0.2, -0.15) is 9.90 Å². The van der Waals surface area contributed by atoms with Crippen molar-refractivity contribution in [1.82, 2.24) is 15.0 Å². The second kappa shape index (κ2) is 3.82. The molecular weight excluding hydrogens is 262 g/mol. The maximum atomic E-state index is 10.6. The molecule has 0 aliphatic heterocycles. The van der Waals surface area contributed by atoms with Crippen LogP contribution in [0.5, 0.6) is 0 Å². The van der Waals surface area contributed by atoms with Crippen molar-refractivity contribution < 1.29 is 9.90 Å². The van der Waals surface area contributed by atoms with Gasteiger partial charge in [0.2, 0.25) is 0 Å². The maximum absolute atomic E-state index is 10.6. The average Bonchev–Trinajstić information content (AvgIpc) is 2.68. The van der Waals surface area contributed by atoms with Crippen LogP contribution in [-0.2, 0) is 0 Å². The van der Waals surface area contributed by atoms with Gasteiger partial charge in [-0.15, -0.1) is 5.10 Å². The van der Waals surface area contributed by atoms with Crippen LogP contribution in [0, 0.1) is 0 Å². The number of aromatic carboxylic acids is 1. The number of carboxylic acid groups (broad SMARTS) is 1. The molecule has 0 saturated carbocycles. The Labute approximate surface area is 93.5 Å². The van der Waals surface area contributed by atoms with Crippen LogP contribution in [0.15, 0.2) is 34.9 Å². The van der Waals surface area contributed by atoms with Crippen LogP contribution in [-0.4, -0.2) is 26.1 Å². The van der Waals surface area contributed by atoms with Gasteiger partial charge in [0.05, 0.1) is 11.9 Å². The summed E-state index contributed by atoms with van der Waals surface area (Å²) in [6, 6.07) is 7.24. The molecule has 0 radical (unpaired) electrons. The molecule has 5 nitrogen and oxygen atoms in total. The summed E-state index contributed by atoms with van der Waals surface area (Å²) in [6.07, 6.45) is 1.21. The van der Waals surface area contributed by atoms with E-state index in [1.807, 2.05) is 12.1 Å². The molecule has 0 atom stereocenters. The Hall–Kier alpha value is -1.69. The summed E-state index contributed by atoms with van der Waals surface area (Å²) in [5, 5.41) is 16.3. The van der Waals surface area contributed by atoms with E-state index in [9.17, 15) is 4.79 Å². The number of hydrogen-bond donors (Lipinski definition) is 1. The summed E-state index contributed by atoms with van der Waals surface area (Å²) in [4.78, 5) is 11.9. The zero-order valence-electron chi connectivity index (χ0n) is 7.46. The summed E-state index contributed by atoms with van der Waals surface area (Å²) in [7, 11) is 0. The summed E-state index contributed by atoms with van der Waals surface area (Å²) in [5.41, 5.74) is 0.642. The normalized spacial score (nSPS) is 10.2. The van der Waals surface area contributed by atoms with Crippen molar-refractivity contribution in [1.29, 1.82) is 0 Å². The van der Waals surface area contributed by atoms with Gasteiger partial charge >= 0.3 is 5.97 Å². The van der Waals surface area contributed by atoms with Gasteiger partial charge < -0.3 is 5.11 Å². The van der Waals surface area contributed by atoms with Gasteiger partial charge in [-0.25, -0.2) is 4.79 Å². The van der Waals surface area contributed by atoms with Crippen molar-refractivity contribution in [2.24, 2.45) is 0 Å². The van der Waals surface area contributed by atoms with Crippen molar-refractivity contribution in [3.8, 4) is 5.69 Å². The Kier molecular flexibility index (Phi) is 2.51. The zero-order valence-corrected chi connectivity index (χ0v) is 9.05. The average molecular weight is 268 g/mol. The summed E-state index contributed by atoms with van der Waals surface area (Å²) in [6.45, 7) is 0. The van der Waals surface area contributed by atoms with Gasteiger partial charge in [0.25, 0.3) is 0 Å². The van der Waals surface area contributed by atoms with Crippen LogP contribution in [0.4, 0.5) is 0 Å². The number of benzene rings is 1. The number of halogens is 1. The fraction of sp³-hybridized carbons (Fsp3) is 0. The molecule has 0 saturated heterocycles. The fourth-order valence-electron chi connectivity index (χ4n) is 1.06. The first-order valence-electron chi connectivity index (χ1n) is 4.08. The lowest BCUT2D eigenvalue weighted by atomic mass is 10.3. The number of carbonyl (C=O) groups is 1. The highest BCUT2D eigenvalue weighted by Crippen LogP contribution is 2.12. The molecule has 2 rings (SSSR count). The Morgan fingerprint density at radius 1 is 1.33 bits per heavy atom. The van der Waals surface area contributed by atoms with E-state index in [-0.39, 0.29) is 5.69 Å². The fourth-order valence-corrected chi connectivity index (χ4v) is 1.32. The van der Waals surface area contributed by atoms with Gasteiger partial charge in [0, 0.05) is 4.47 Å². The van der Waals surface area contributed by atoms with Gasteiger partial charge in [0.15, 0.2) is 5.69 Å². The van der Waals surface area contributed by atoms with E-state index in [1.165, 1.54) is 11.0 Å². The third-order valence-electron chi connectivity index (χ3n) is 1.77. The number of hydrogen-bond acceptors (Lipinski definition) is 3. The largest absolute Gasteiger partial charge is 0.476 e. The highest BCUT2D eigenvalue weighted by molar-refractivity contribution is 9.10. The van der Waals surface area contributed by atoms with Gasteiger partial charge in [0.1, 0.15) is 0 Å². The molecule has 2 aromatic rings. The molecule has 15 heavy (non-hydrogen) atoms. The predicted molar refractivity (Wildman–Crippen MR) is 56.0 cm³/mol. The number of carboxylic acids is 1. The minimum atomic E-state index is -1.08. The van der Waals surface area contributed by atoms with E-state index in [1.54, 1.807) is 12.1 Å². The molecule has 0 aliphatic carbocycles. The molecule has 1 aromatic heterocycles. The summed E-state index contributed by atoms with van der Waals surface area (Å²) < 4.78 is 0.942. The Bertz CT molecular complexity index is 492. The lowest BCUT2D eigenvalue weighted by Crippen LogP contribution is -2.01. The van der Waals surface area contributed by atoms with Crippen molar-refractivity contribution in [2.45, 2.75) is 0 Å². The standard InChI is InChI=1S/C9H6BrN3O2/c10-6-1-3-7(4-2-6)13-11-5-8(12-13)9(14)15/h1-5H,(H,14,15). The van der Waals surface area contributed by atoms with E-state index in [0.717, 1.165) is 4.47 Å². The van der Waals surface area contributed by atoms with Crippen LogP contribution < -0.4 is 0 Å². The molecule has 0 amide bonds. The van der Waals surface area contributed by atoms with Crippen molar-refractivity contribution in [3.63, 3.8) is 0 Å². The summed E-state index contributed by atoms with van der Waals surface area (Å²) >= 11 is 3.30. The van der Waals surface area contributed by atoms with Crippen molar-refractivity contribution in [2.75, 3.05) is 0 Å². The molecular formula is C9H6BrN3O2. The Morgan fingerprint density at radius 2 is 2.00 bits per heavy atom. The number of nitrogens with zero attached hydrogens (tertiary/aromatic N) is 3. The SMILES string of the molecule is O=C(O)c1cnn(-c2ccc(Br)cc2)n1. The number of rotatable bonds is 2.